The minimum absolute atomic E-state index is 0.0701. The van der Waals surface area contributed by atoms with Crippen LogP contribution in [-0.2, 0) is 18.6 Å². The van der Waals surface area contributed by atoms with Gasteiger partial charge < -0.3 is 24.4 Å². The predicted molar refractivity (Wildman–Crippen MR) is 132 cm³/mol. The van der Waals surface area contributed by atoms with Crippen LogP contribution in [0.4, 0.5) is 0 Å². The second-order valence-corrected chi connectivity index (χ2v) is 11.4. The quantitative estimate of drug-likeness (QED) is 0.161. The zero-order valence-corrected chi connectivity index (χ0v) is 21.6. The summed E-state index contributed by atoms with van der Waals surface area (Å²) in [7, 11) is -4.64. The second-order valence-electron chi connectivity index (χ2n) is 10.2. The van der Waals surface area contributed by atoms with Crippen molar-refractivity contribution in [1.29, 1.82) is 0 Å². The van der Waals surface area contributed by atoms with Crippen molar-refractivity contribution in [3.05, 3.63) is 30.3 Å². The molecule has 0 aliphatic heterocycles. The largest absolute Gasteiger partial charge is 0.493 e. The molecule has 0 heterocycles. The molecule has 8 nitrogen and oxygen atoms in total. The smallest absolute Gasteiger partial charge is 0.469 e. The van der Waals surface area contributed by atoms with Crippen molar-refractivity contribution < 1.29 is 38.3 Å². The number of benzene rings is 1. The fourth-order valence-electron chi connectivity index (χ4n) is 5.00. The lowest BCUT2D eigenvalue weighted by molar-refractivity contribution is -0.145. The van der Waals surface area contributed by atoms with Crippen LogP contribution in [0.2, 0.25) is 0 Å². The molecule has 0 radical (unpaired) electrons. The maximum absolute atomic E-state index is 11.7. The minimum atomic E-state index is -4.64. The molecule has 0 spiro atoms. The van der Waals surface area contributed by atoms with E-state index in [1.54, 1.807) is 0 Å². The number of phosphoric acid groups is 1. The highest BCUT2D eigenvalue weighted by atomic mass is 31.2. The van der Waals surface area contributed by atoms with E-state index in [1.807, 2.05) is 30.3 Å². The van der Waals surface area contributed by atoms with Gasteiger partial charge in [0.25, 0.3) is 0 Å². The zero-order chi connectivity index (χ0) is 25.3. The number of para-hydroxylation sites is 1. The van der Waals surface area contributed by atoms with Gasteiger partial charge in [-0.15, -0.1) is 0 Å². The molecule has 0 bridgehead atoms. The lowest BCUT2D eigenvalue weighted by atomic mass is 9.84. The van der Waals surface area contributed by atoms with Gasteiger partial charge in [-0.05, 0) is 68.4 Å². The zero-order valence-electron chi connectivity index (χ0n) is 20.7. The Morgan fingerprint density at radius 3 is 2.46 bits per heavy atom. The fourth-order valence-corrected chi connectivity index (χ4v) is 5.60. The SMILES string of the molecule is C[C@H](CC[C@@H]1[C@@H](CCCCCCC(=O)OC2CC2)[C@@H](OP(=O)(O)O)C[C@H]1O)COc1ccccc1. The predicted octanol–water partition coefficient (Wildman–Crippen LogP) is 5.00. The molecule has 1 aromatic rings. The normalized spacial score (nSPS) is 25.4. The molecule has 35 heavy (non-hydrogen) atoms. The number of esters is 1. The summed E-state index contributed by atoms with van der Waals surface area (Å²) in [5, 5.41) is 10.7. The Balaban J connectivity index is 1.43. The van der Waals surface area contributed by atoms with Crippen molar-refractivity contribution in [1.82, 2.24) is 0 Å². The third kappa shape index (κ3) is 10.6. The van der Waals surface area contributed by atoms with Crippen molar-refractivity contribution in [2.75, 3.05) is 6.61 Å². The Labute approximate surface area is 208 Å². The number of aliphatic hydroxyl groups excluding tert-OH is 1. The number of ether oxygens (including phenoxy) is 2. The first-order valence-corrected chi connectivity index (χ1v) is 14.5. The van der Waals surface area contributed by atoms with Crippen LogP contribution < -0.4 is 4.74 Å². The number of hydrogen-bond acceptors (Lipinski definition) is 6. The summed E-state index contributed by atoms with van der Waals surface area (Å²) in [6.07, 6.45) is 7.27. The van der Waals surface area contributed by atoms with Gasteiger partial charge in [0.15, 0.2) is 0 Å². The molecule has 2 saturated carbocycles. The summed E-state index contributed by atoms with van der Waals surface area (Å²) in [6, 6.07) is 9.64. The van der Waals surface area contributed by atoms with Crippen LogP contribution in [0.3, 0.4) is 0 Å². The van der Waals surface area contributed by atoms with Crippen LogP contribution in [0, 0.1) is 17.8 Å². The first-order chi connectivity index (χ1) is 16.7. The summed E-state index contributed by atoms with van der Waals surface area (Å²) in [5.41, 5.74) is 0. The Hall–Kier alpha value is -1.44. The molecule has 0 aromatic heterocycles. The number of carbonyl (C=O) groups is 1. The molecule has 0 saturated heterocycles. The van der Waals surface area contributed by atoms with Crippen molar-refractivity contribution in [2.45, 2.75) is 95.9 Å². The van der Waals surface area contributed by atoms with Gasteiger partial charge in [-0.1, -0.05) is 44.4 Å². The van der Waals surface area contributed by atoms with Crippen molar-refractivity contribution in [3.63, 3.8) is 0 Å². The Kier molecular flexibility index (Phi) is 11.1. The van der Waals surface area contributed by atoms with E-state index < -0.39 is 20.0 Å². The molecule has 2 aliphatic rings. The average Bonchev–Trinajstić information content (AvgIpc) is 3.56. The van der Waals surface area contributed by atoms with Gasteiger partial charge in [-0.2, -0.15) is 0 Å². The van der Waals surface area contributed by atoms with Gasteiger partial charge in [0.05, 0.1) is 18.8 Å². The first-order valence-electron chi connectivity index (χ1n) is 13.0. The fraction of sp³-hybridized carbons (Fsp3) is 0.731. The third-order valence-corrected chi connectivity index (χ3v) is 7.58. The highest BCUT2D eigenvalue weighted by molar-refractivity contribution is 7.46. The van der Waals surface area contributed by atoms with E-state index in [4.69, 9.17) is 14.0 Å². The maximum atomic E-state index is 11.7. The summed E-state index contributed by atoms with van der Waals surface area (Å²) in [4.78, 5) is 30.4. The minimum Gasteiger partial charge on any atom is -0.493 e. The van der Waals surface area contributed by atoms with Crippen LogP contribution in [0.5, 0.6) is 5.75 Å². The topological polar surface area (TPSA) is 123 Å². The number of phosphoric ester groups is 1. The van der Waals surface area contributed by atoms with E-state index in [9.17, 15) is 24.3 Å². The molecule has 5 atom stereocenters. The molecular formula is C26H41O8P. The molecule has 0 unspecified atom stereocenters. The van der Waals surface area contributed by atoms with Crippen molar-refractivity contribution in [2.24, 2.45) is 17.8 Å². The molecule has 2 aliphatic carbocycles. The molecular weight excluding hydrogens is 471 g/mol. The number of carbonyl (C=O) groups excluding carboxylic acids is 1. The molecule has 198 valence electrons. The second kappa shape index (κ2) is 13.8. The maximum Gasteiger partial charge on any atom is 0.469 e. The van der Waals surface area contributed by atoms with Gasteiger partial charge >= 0.3 is 13.8 Å². The first kappa shape index (κ1) is 28.1. The number of aliphatic hydroxyl groups is 1. The third-order valence-electron chi connectivity index (χ3n) is 7.03. The van der Waals surface area contributed by atoms with E-state index in [0.717, 1.165) is 63.5 Å². The molecule has 3 rings (SSSR count). The van der Waals surface area contributed by atoms with Gasteiger partial charge in [0.1, 0.15) is 11.9 Å². The van der Waals surface area contributed by atoms with E-state index in [0.29, 0.717) is 13.0 Å². The molecule has 9 heteroatoms. The summed E-state index contributed by atoms with van der Waals surface area (Å²) in [6.45, 7) is 2.68. The van der Waals surface area contributed by atoms with Crippen LogP contribution in [0.15, 0.2) is 30.3 Å². The molecule has 2 fully saturated rings. The lowest BCUT2D eigenvalue weighted by Crippen LogP contribution is -2.24. The summed E-state index contributed by atoms with van der Waals surface area (Å²) < 4.78 is 27.7. The average molecular weight is 513 g/mol. The summed E-state index contributed by atoms with van der Waals surface area (Å²) >= 11 is 0. The van der Waals surface area contributed by atoms with Gasteiger partial charge in [0, 0.05) is 12.8 Å². The number of rotatable bonds is 16. The van der Waals surface area contributed by atoms with E-state index in [1.165, 1.54) is 0 Å². The van der Waals surface area contributed by atoms with Crippen molar-refractivity contribution in [3.8, 4) is 5.75 Å². The number of hydrogen-bond donors (Lipinski definition) is 3. The Morgan fingerprint density at radius 1 is 1.06 bits per heavy atom. The number of unbranched alkanes of at least 4 members (excludes halogenated alkanes) is 3. The standard InChI is InChI=1S/C26H41O8P/c1-19(18-32-20-9-5-4-6-10-20)13-16-22-23(25(17-24(22)27)34-35(29,30)31)11-7-2-3-8-12-26(28)33-21-14-15-21/h4-6,9-10,19,21-25,27H,2-3,7-8,11-18H2,1H3,(H2,29,30,31)/t19-,22-,23-,24-,25+/m1/s1. The highest BCUT2D eigenvalue weighted by Crippen LogP contribution is 2.48. The van der Waals surface area contributed by atoms with Crippen molar-refractivity contribution >= 4 is 13.8 Å². The molecule has 1 aromatic carbocycles. The van der Waals surface area contributed by atoms with Gasteiger partial charge in [-0.3, -0.25) is 9.32 Å². The van der Waals surface area contributed by atoms with Gasteiger partial charge in [0.2, 0.25) is 0 Å². The summed E-state index contributed by atoms with van der Waals surface area (Å²) in [5.74, 6) is 0.806. The Morgan fingerprint density at radius 2 is 1.77 bits per heavy atom. The van der Waals surface area contributed by atoms with E-state index in [-0.39, 0.29) is 36.2 Å². The molecule has 0 amide bonds. The van der Waals surface area contributed by atoms with Crippen LogP contribution in [0.25, 0.3) is 0 Å². The van der Waals surface area contributed by atoms with Crippen LogP contribution in [-0.4, -0.2) is 45.8 Å². The monoisotopic (exact) mass is 512 g/mol. The van der Waals surface area contributed by atoms with E-state index in [2.05, 4.69) is 6.92 Å². The molecule has 3 N–H and O–H groups in total. The van der Waals surface area contributed by atoms with Crippen LogP contribution >= 0.6 is 7.82 Å². The lowest BCUT2D eigenvalue weighted by Gasteiger charge is -2.26. The Bertz CT molecular complexity index is 809. The highest BCUT2D eigenvalue weighted by Gasteiger charge is 2.44. The van der Waals surface area contributed by atoms with E-state index >= 15 is 0 Å². The van der Waals surface area contributed by atoms with Gasteiger partial charge in [-0.25, -0.2) is 4.57 Å². The van der Waals surface area contributed by atoms with Crippen LogP contribution in [0.1, 0.15) is 77.6 Å².